The molecule has 0 unspecified atom stereocenters. The normalized spacial score (nSPS) is 16.9. The molecule has 2 aromatic rings. The number of hydrogen-bond donors (Lipinski definition) is 3. The Balaban J connectivity index is 0.00000225. The molecule has 0 aromatic heterocycles. The number of nitrogens with one attached hydrogen (secondary N) is 2. The predicted molar refractivity (Wildman–Crippen MR) is 98.0 cm³/mol. The highest BCUT2D eigenvalue weighted by atomic mass is 35.5. The molecule has 0 radical (unpaired) electrons. The zero-order valence-corrected chi connectivity index (χ0v) is 14.7. The summed E-state index contributed by atoms with van der Waals surface area (Å²) >= 11 is 0. The molecular weight excluding hydrogens is 340 g/mol. The van der Waals surface area contributed by atoms with Crippen LogP contribution in [0.25, 0.3) is 0 Å². The number of rotatable bonds is 4. The first-order valence-electron chi connectivity index (χ1n) is 7.98. The van der Waals surface area contributed by atoms with Gasteiger partial charge < -0.3 is 15.7 Å². The van der Waals surface area contributed by atoms with Crippen LogP contribution in [0.1, 0.15) is 40.0 Å². The molecule has 1 amide bonds. The van der Waals surface area contributed by atoms with Crippen molar-refractivity contribution >= 4 is 24.3 Å². The maximum absolute atomic E-state index is 12.5. The van der Waals surface area contributed by atoms with E-state index in [0.717, 1.165) is 5.56 Å². The lowest BCUT2D eigenvalue weighted by Gasteiger charge is -2.26. The third kappa shape index (κ3) is 4.38. The van der Waals surface area contributed by atoms with E-state index >= 15 is 0 Å². The van der Waals surface area contributed by atoms with Gasteiger partial charge in [-0.05, 0) is 42.2 Å². The minimum Gasteiger partial charge on any atom is -0.478 e. The van der Waals surface area contributed by atoms with Gasteiger partial charge in [0.05, 0.1) is 17.6 Å². The van der Waals surface area contributed by atoms with Crippen molar-refractivity contribution in [1.82, 2.24) is 10.6 Å². The summed E-state index contributed by atoms with van der Waals surface area (Å²) in [5, 5.41) is 15.2. The quantitative estimate of drug-likeness (QED) is 0.783. The zero-order valence-electron chi connectivity index (χ0n) is 13.9. The number of hydrogen-bond acceptors (Lipinski definition) is 3. The first kappa shape index (κ1) is 19.0. The van der Waals surface area contributed by atoms with Gasteiger partial charge in [0.15, 0.2) is 0 Å². The standard InChI is InChI=1S/C19H20N2O3.ClH/c1-12(13-6-8-14(9-7-13)19(23)24)21-18(22)17-10-15-4-2-3-5-16(15)11-20-17;/h2-9,12,17,20H,10-11H2,1H3,(H,21,22)(H,23,24);1H/t12-,17+;/m0./s1. The van der Waals surface area contributed by atoms with Gasteiger partial charge in [-0.1, -0.05) is 36.4 Å². The van der Waals surface area contributed by atoms with E-state index < -0.39 is 5.97 Å². The van der Waals surface area contributed by atoms with Crippen LogP contribution in [0.5, 0.6) is 0 Å². The van der Waals surface area contributed by atoms with Crippen LogP contribution in [0.15, 0.2) is 48.5 Å². The third-order valence-corrected chi connectivity index (χ3v) is 4.41. The number of carbonyl (C=O) groups is 2. The van der Waals surface area contributed by atoms with Crippen LogP contribution in [0.4, 0.5) is 0 Å². The number of aromatic carboxylic acids is 1. The summed E-state index contributed by atoms with van der Waals surface area (Å²) in [5.74, 6) is -0.998. The van der Waals surface area contributed by atoms with Gasteiger partial charge in [0.2, 0.25) is 5.91 Å². The van der Waals surface area contributed by atoms with Crippen molar-refractivity contribution in [2.24, 2.45) is 0 Å². The third-order valence-electron chi connectivity index (χ3n) is 4.41. The number of carboxylic acids is 1. The molecule has 3 N–H and O–H groups in total. The van der Waals surface area contributed by atoms with Gasteiger partial charge in [-0.25, -0.2) is 4.79 Å². The Labute approximate surface area is 152 Å². The molecule has 0 spiro atoms. The fraction of sp³-hybridized carbons (Fsp3) is 0.263. The summed E-state index contributed by atoms with van der Waals surface area (Å²) in [5.41, 5.74) is 3.56. The van der Waals surface area contributed by atoms with Crippen molar-refractivity contribution in [2.75, 3.05) is 0 Å². The molecule has 0 saturated heterocycles. The Morgan fingerprint density at radius 1 is 1.12 bits per heavy atom. The second kappa shape index (κ2) is 8.14. The van der Waals surface area contributed by atoms with Crippen LogP contribution >= 0.6 is 12.4 Å². The van der Waals surface area contributed by atoms with Crippen LogP contribution in [0.3, 0.4) is 0 Å². The average molecular weight is 361 g/mol. The minimum absolute atomic E-state index is 0. The molecule has 0 bridgehead atoms. The van der Waals surface area contributed by atoms with Gasteiger partial charge in [-0.15, -0.1) is 12.4 Å². The summed E-state index contributed by atoms with van der Waals surface area (Å²) < 4.78 is 0. The minimum atomic E-state index is -0.955. The van der Waals surface area contributed by atoms with Crippen LogP contribution in [-0.2, 0) is 17.8 Å². The number of fused-ring (bicyclic) bond motifs is 1. The molecule has 2 atom stereocenters. The molecular formula is C19H21ClN2O3. The Bertz CT molecular complexity index is 762. The molecule has 1 aliphatic rings. The monoisotopic (exact) mass is 360 g/mol. The second-order valence-corrected chi connectivity index (χ2v) is 6.06. The summed E-state index contributed by atoms with van der Waals surface area (Å²) in [6, 6.07) is 14.3. The van der Waals surface area contributed by atoms with E-state index in [1.165, 1.54) is 11.1 Å². The number of carboxylic acid groups (broad SMARTS) is 1. The zero-order chi connectivity index (χ0) is 17.1. The fourth-order valence-electron chi connectivity index (χ4n) is 2.95. The lowest BCUT2D eigenvalue weighted by molar-refractivity contribution is -0.124. The maximum Gasteiger partial charge on any atom is 0.335 e. The van der Waals surface area contributed by atoms with Crippen molar-refractivity contribution in [3.63, 3.8) is 0 Å². The molecule has 3 rings (SSSR count). The maximum atomic E-state index is 12.5. The van der Waals surface area contributed by atoms with Crippen LogP contribution in [0, 0.1) is 0 Å². The van der Waals surface area contributed by atoms with Crippen LogP contribution < -0.4 is 10.6 Å². The van der Waals surface area contributed by atoms with E-state index in [0.29, 0.717) is 13.0 Å². The molecule has 5 nitrogen and oxygen atoms in total. The molecule has 2 aromatic carbocycles. The molecule has 0 fully saturated rings. The molecule has 25 heavy (non-hydrogen) atoms. The van der Waals surface area contributed by atoms with Crippen molar-refractivity contribution in [1.29, 1.82) is 0 Å². The smallest absolute Gasteiger partial charge is 0.335 e. The van der Waals surface area contributed by atoms with E-state index in [1.807, 2.05) is 19.1 Å². The Morgan fingerprint density at radius 2 is 1.76 bits per heavy atom. The van der Waals surface area contributed by atoms with E-state index in [9.17, 15) is 9.59 Å². The highest BCUT2D eigenvalue weighted by Gasteiger charge is 2.25. The van der Waals surface area contributed by atoms with Gasteiger partial charge in [-0.2, -0.15) is 0 Å². The lowest BCUT2D eigenvalue weighted by Crippen LogP contribution is -2.48. The van der Waals surface area contributed by atoms with E-state index in [4.69, 9.17) is 5.11 Å². The van der Waals surface area contributed by atoms with E-state index in [1.54, 1.807) is 24.3 Å². The summed E-state index contributed by atoms with van der Waals surface area (Å²) in [4.78, 5) is 23.4. The van der Waals surface area contributed by atoms with Crippen molar-refractivity contribution in [3.05, 3.63) is 70.8 Å². The van der Waals surface area contributed by atoms with Gasteiger partial charge in [-0.3, -0.25) is 4.79 Å². The molecule has 1 aliphatic heterocycles. The molecule has 0 saturated carbocycles. The summed E-state index contributed by atoms with van der Waals surface area (Å²) in [6.07, 6.45) is 0.673. The highest BCUT2D eigenvalue weighted by Crippen LogP contribution is 2.18. The first-order valence-corrected chi connectivity index (χ1v) is 7.98. The average Bonchev–Trinajstić information content (AvgIpc) is 2.61. The highest BCUT2D eigenvalue weighted by molar-refractivity contribution is 5.87. The Morgan fingerprint density at radius 3 is 2.40 bits per heavy atom. The largest absolute Gasteiger partial charge is 0.478 e. The topological polar surface area (TPSA) is 78.4 Å². The van der Waals surface area contributed by atoms with Gasteiger partial charge >= 0.3 is 5.97 Å². The summed E-state index contributed by atoms with van der Waals surface area (Å²) in [6.45, 7) is 2.58. The van der Waals surface area contributed by atoms with Gasteiger partial charge in [0.25, 0.3) is 0 Å². The number of benzene rings is 2. The van der Waals surface area contributed by atoms with Crippen molar-refractivity contribution in [3.8, 4) is 0 Å². The Hall–Kier alpha value is -2.37. The SMILES string of the molecule is C[C@H](NC(=O)[C@H]1Cc2ccccc2CN1)c1ccc(C(=O)O)cc1.Cl. The van der Waals surface area contributed by atoms with Crippen LogP contribution in [0.2, 0.25) is 0 Å². The molecule has 1 heterocycles. The lowest BCUT2D eigenvalue weighted by atomic mass is 9.95. The number of halogens is 1. The predicted octanol–water partition coefficient (Wildman–Crippen LogP) is 2.70. The first-order chi connectivity index (χ1) is 11.5. The van der Waals surface area contributed by atoms with Crippen molar-refractivity contribution in [2.45, 2.75) is 32.0 Å². The molecule has 132 valence electrons. The van der Waals surface area contributed by atoms with E-state index in [2.05, 4.69) is 22.8 Å². The van der Waals surface area contributed by atoms with Crippen LogP contribution in [-0.4, -0.2) is 23.0 Å². The molecule has 6 heteroatoms. The second-order valence-electron chi connectivity index (χ2n) is 6.06. The summed E-state index contributed by atoms with van der Waals surface area (Å²) in [7, 11) is 0. The van der Waals surface area contributed by atoms with Gasteiger partial charge in [0.1, 0.15) is 0 Å². The fourth-order valence-corrected chi connectivity index (χ4v) is 2.95. The molecule has 0 aliphatic carbocycles. The number of carbonyl (C=O) groups excluding carboxylic acids is 1. The van der Waals surface area contributed by atoms with Crippen molar-refractivity contribution < 1.29 is 14.7 Å². The van der Waals surface area contributed by atoms with E-state index in [-0.39, 0.29) is 36.0 Å². The Kier molecular flexibility index (Phi) is 6.17. The number of amides is 1. The van der Waals surface area contributed by atoms with Gasteiger partial charge in [0, 0.05) is 6.54 Å².